The molecular weight excluding hydrogens is 259 g/mol. The highest BCUT2D eigenvalue weighted by Crippen LogP contribution is 2.23. The van der Waals surface area contributed by atoms with Crippen molar-refractivity contribution in [3.8, 4) is 23.4 Å². The molecule has 2 heterocycles. The van der Waals surface area contributed by atoms with Crippen molar-refractivity contribution in [1.82, 2.24) is 19.7 Å². The minimum absolute atomic E-state index is 0.236. The van der Waals surface area contributed by atoms with Gasteiger partial charge in [0.15, 0.2) is 5.82 Å². The number of rotatable bonds is 1. The van der Waals surface area contributed by atoms with Crippen molar-refractivity contribution < 1.29 is 0 Å². The zero-order valence-corrected chi connectivity index (χ0v) is 10.7. The van der Waals surface area contributed by atoms with E-state index in [0.29, 0.717) is 17.1 Å². The van der Waals surface area contributed by atoms with Crippen LogP contribution in [-0.4, -0.2) is 19.7 Å². The second kappa shape index (κ2) is 4.74. The maximum Gasteiger partial charge on any atom is 0.183 e. The van der Waals surface area contributed by atoms with E-state index in [0.717, 1.165) is 0 Å². The Morgan fingerprint density at radius 1 is 1.24 bits per heavy atom. The number of hydrogen-bond donors (Lipinski definition) is 0. The van der Waals surface area contributed by atoms with Gasteiger partial charge in [-0.25, -0.2) is 9.97 Å². The molecule has 2 rings (SSSR count). The highest BCUT2D eigenvalue weighted by atomic mass is 35.5. The van der Waals surface area contributed by atoms with Gasteiger partial charge in [0.25, 0.3) is 0 Å². The van der Waals surface area contributed by atoms with Gasteiger partial charge in [-0.15, -0.1) is 5.92 Å². The normalized spacial score (nSPS) is 9.88. The van der Waals surface area contributed by atoms with Crippen molar-refractivity contribution in [2.45, 2.75) is 6.92 Å². The molecule has 86 valence electrons. The van der Waals surface area contributed by atoms with Crippen LogP contribution in [0.25, 0.3) is 11.5 Å². The molecule has 0 spiro atoms. The monoisotopic (exact) mass is 266 g/mol. The van der Waals surface area contributed by atoms with Crippen LogP contribution in [0.2, 0.25) is 10.3 Å². The van der Waals surface area contributed by atoms with Gasteiger partial charge in [0.2, 0.25) is 0 Å². The molecule has 0 aliphatic heterocycles. The van der Waals surface area contributed by atoms with E-state index in [1.807, 2.05) is 7.05 Å². The number of aromatic nitrogens is 4. The number of hydrogen-bond acceptors (Lipinski definition) is 3. The molecule has 0 amide bonds. The zero-order chi connectivity index (χ0) is 12.4. The Labute approximate surface area is 109 Å². The molecule has 0 bridgehead atoms. The molecule has 0 atom stereocenters. The van der Waals surface area contributed by atoms with Gasteiger partial charge >= 0.3 is 0 Å². The third-order valence-corrected chi connectivity index (χ3v) is 2.56. The van der Waals surface area contributed by atoms with Gasteiger partial charge in [-0.1, -0.05) is 29.1 Å². The topological polar surface area (TPSA) is 43.6 Å². The predicted octanol–water partition coefficient (Wildman–Crippen LogP) is 2.56. The molecule has 4 nitrogen and oxygen atoms in total. The Morgan fingerprint density at radius 2 is 1.88 bits per heavy atom. The maximum absolute atomic E-state index is 6.00. The fraction of sp³-hybridized carbons (Fsp3) is 0.182. The average molecular weight is 267 g/mol. The lowest BCUT2D eigenvalue weighted by Crippen LogP contribution is -1.96. The molecule has 0 N–H and O–H groups in total. The molecule has 2 aromatic heterocycles. The largest absolute Gasteiger partial charge is 0.275 e. The molecule has 0 aliphatic rings. The summed E-state index contributed by atoms with van der Waals surface area (Å²) in [6, 6.07) is 1.78. The van der Waals surface area contributed by atoms with Crippen molar-refractivity contribution >= 4 is 23.2 Å². The highest BCUT2D eigenvalue weighted by molar-refractivity contribution is 6.35. The predicted molar refractivity (Wildman–Crippen MR) is 66.8 cm³/mol. The van der Waals surface area contributed by atoms with Gasteiger partial charge in [-0.05, 0) is 13.0 Å². The summed E-state index contributed by atoms with van der Waals surface area (Å²) in [6.07, 6.45) is 1.79. The Hall–Kier alpha value is -1.57. The molecule has 0 aromatic carbocycles. The number of halogens is 2. The van der Waals surface area contributed by atoms with E-state index >= 15 is 0 Å². The third-order valence-electron chi connectivity index (χ3n) is 2.01. The van der Waals surface area contributed by atoms with Crippen LogP contribution in [0.3, 0.4) is 0 Å². The van der Waals surface area contributed by atoms with Gasteiger partial charge in [0, 0.05) is 13.2 Å². The second-order valence-electron chi connectivity index (χ2n) is 3.25. The molecule has 6 heteroatoms. The summed E-state index contributed by atoms with van der Waals surface area (Å²) < 4.78 is 1.65. The molecule has 0 saturated heterocycles. The van der Waals surface area contributed by atoms with E-state index in [1.165, 1.54) is 0 Å². The first kappa shape index (κ1) is 11.9. The summed E-state index contributed by atoms with van der Waals surface area (Å²) in [5.74, 6) is 5.86. The first-order valence-corrected chi connectivity index (χ1v) is 5.53. The minimum atomic E-state index is 0.236. The lowest BCUT2D eigenvalue weighted by atomic mass is 10.3. The van der Waals surface area contributed by atoms with E-state index in [2.05, 4.69) is 26.9 Å². The van der Waals surface area contributed by atoms with Gasteiger partial charge in [-0.2, -0.15) is 5.10 Å². The Morgan fingerprint density at radius 3 is 2.35 bits per heavy atom. The Bertz CT molecular complexity index is 599. The van der Waals surface area contributed by atoms with Gasteiger partial charge in [0.1, 0.15) is 16.0 Å². The summed E-state index contributed by atoms with van der Waals surface area (Å²) in [4.78, 5) is 8.26. The molecule has 2 aromatic rings. The molecule has 0 saturated carbocycles. The van der Waals surface area contributed by atoms with Gasteiger partial charge in [0.05, 0.1) is 5.56 Å². The Balaban J connectivity index is 2.55. The van der Waals surface area contributed by atoms with E-state index in [1.54, 1.807) is 23.9 Å². The highest BCUT2D eigenvalue weighted by Gasteiger charge is 2.12. The second-order valence-corrected chi connectivity index (χ2v) is 3.97. The lowest BCUT2D eigenvalue weighted by molar-refractivity contribution is 0.768. The SMILES string of the molecule is CC#Cc1c(Cl)nc(-c2ccn(C)n2)nc1Cl. The number of nitrogens with zero attached hydrogens (tertiary/aromatic N) is 4. The van der Waals surface area contributed by atoms with Crippen LogP contribution >= 0.6 is 23.2 Å². The quantitative estimate of drug-likeness (QED) is 0.589. The molecule has 17 heavy (non-hydrogen) atoms. The first-order valence-electron chi connectivity index (χ1n) is 4.77. The van der Waals surface area contributed by atoms with Gasteiger partial charge < -0.3 is 0 Å². The van der Waals surface area contributed by atoms with Crippen LogP contribution in [0.1, 0.15) is 12.5 Å². The fourth-order valence-electron chi connectivity index (χ4n) is 1.28. The standard InChI is InChI=1S/C11H8Cl2N4/c1-3-4-7-9(12)14-11(15-10(7)13)8-5-6-17(2)16-8/h5-6H,1-2H3. The first-order chi connectivity index (χ1) is 8.11. The van der Waals surface area contributed by atoms with Gasteiger partial charge in [-0.3, -0.25) is 4.68 Å². The van der Waals surface area contributed by atoms with Crippen molar-refractivity contribution in [1.29, 1.82) is 0 Å². The smallest absolute Gasteiger partial charge is 0.183 e. The zero-order valence-electron chi connectivity index (χ0n) is 9.20. The lowest BCUT2D eigenvalue weighted by Gasteiger charge is -2.01. The summed E-state index contributed by atoms with van der Waals surface area (Å²) in [5, 5.41) is 4.65. The molecule has 0 radical (unpaired) electrons. The van der Waals surface area contributed by atoms with Crippen molar-refractivity contribution in [3.05, 3.63) is 28.1 Å². The summed E-state index contributed by atoms with van der Waals surface area (Å²) >= 11 is 12.0. The number of aryl methyl sites for hydroxylation is 1. The summed E-state index contributed by atoms with van der Waals surface area (Å²) in [7, 11) is 1.81. The van der Waals surface area contributed by atoms with Crippen LogP contribution < -0.4 is 0 Å². The van der Waals surface area contributed by atoms with E-state index in [4.69, 9.17) is 23.2 Å². The van der Waals surface area contributed by atoms with Crippen LogP contribution in [0, 0.1) is 11.8 Å². The van der Waals surface area contributed by atoms with E-state index < -0.39 is 0 Å². The van der Waals surface area contributed by atoms with Crippen molar-refractivity contribution in [3.63, 3.8) is 0 Å². The van der Waals surface area contributed by atoms with Crippen LogP contribution in [0.5, 0.6) is 0 Å². The molecular formula is C11H8Cl2N4. The molecule has 0 fully saturated rings. The molecule has 0 aliphatic carbocycles. The van der Waals surface area contributed by atoms with E-state index in [-0.39, 0.29) is 10.3 Å². The van der Waals surface area contributed by atoms with Crippen molar-refractivity contribution in [2.75, 3.05) is 0 Å². The maximum atomic E-state index is 6.00. The summed E-state index contributed by atoms with van der Waals surface area (Å²) in [6.45, 7) is 1.69. The minimum Gasteiger partial charge on any atom is -0.275 e. The van der Waals surface area contributed by atoms with E-state index in [9.17, 15) is 0 Å². The van der Waals surface area contributed by atoms with Crippen LogP contribution in [0.4, 0.5) is 0 Å². The summed E-state index contributed by atoms with van der Waals surface area (Å²) in [5.41, 5.74) is 1.06. The Kier molecular flexibility index (Phi) is 3.32. The van der Waals surface area contributed by atoms with Crippen LogP contribution in [-0.2, 0) is 7.05 Å². The third kappa shape index (κ3) is 2.41. The fourth-order valence-corrected chi connectivity index (χ4v) is 1.77. The van der Waals surface area contributed by atoms with Crippen LogP contribution in [0.15, 0.2) is 12.3 Å². The molecule has 0 unspecified atom stereocenters. The van der Waals surface area contributed by atoms with Crippen molar-refractivity contribution in [2.24, 2.45) is 7.05 Å². The average Bonchev–Trinajstić information content (AvgIpc) is 2.70.